The molecule has 5 heteroatoms. The fraction of sp³-hybridized carbons (Fsp3) is 0.333. The molecule has 5 nitrogen and oxygen atoms in total. The lowest BCUT2D eigenvalue weighted by Gasteiger charge is -2.15. The van der Waals surface area contributed by atoms with Crippen LogP contribution in [0.4, 0.5) is 5.69 Å². The average molecular weight is 271 g/mol. The molecule has 1 saturated heterocycles. The van der Waals surface area contributed by atoms with Gasteiger partial charge >= 0.3 is 0 Å². The molecular weight excluding hydrogens is 254 g/mol. The molecule has 0 aliphatic carbocycles. The molecule has 1 amide bonds. The fourth-order valence-corrected chi connectivity index (χ4v) is 2.47. The summed E-state index contributed by atoms with van der Waals surface area (Å²) in [6, 6.07) is 9.49. The first kappa shape index (κ1) is 12.9. The summed E-state index contributed by atoms with van der Waals surface area (Å²) in [5, 5.41) is 6.45. The van der Waals surface area contributed by atoms with Gasteiger partial charge in [0, 0.05) is 18.3 Å². The van der Waals surface area contributed by atoms with Crippen molar-refractivity contribution < 1.29 is 9.32 Å². The molecule has 1 aliphatic heterocycles. The Kier molecular flexibility index (Phi) is 3.78. The van der Waals surface area contributed by atoms with Crippen molar-refractivity contribution in [2.45, 2.75) is 19.4 Å². The predicted molar refractivity (Wildman–Crippen MR) is 75.4 cm³/mol. The number of aromatic nitrogens is 1. The third-order valence-corrected chi connectivity index (χ3v) is 3.46. The zero-order valence-electron chi connectivity index (χ0n) is 11.2. The van der Waals surface area contributed by atoms with E-state index in [1.807, 2.05) is 18.2 Å². The molecule has 1 aromatic carbocycles. The number of nitrogens with one attached hydrogen (secondary N) is 1. The van der Waals surface area contributed by atoms with Crippen LogP contribution in [-0.2, 0) is 6.54 Å². The Hall–Kier alpha value is -2.14. The third kappa shape index (κ3) is 3.05. The Bertz CT molecular complexity index is 575. The topological polar surface area (TPSA) is 58.4 Å². The highest BCUT2D eigenvalue weighted by Gasteiger charge is 2.13. The SMILES string of the molecule is O=C(Nc1cccc(CN2CCCC2)c1)c1ccon1. The molecule has 0 atom stereocenters. The zero-order chi connectivity index (χ0) is 13.8. The molecule has 2 aromatic rings. The molecular formula is C15H17N3O2. The summed E-state index contributed by atoms with van der Waals surface area (Å²) in [5.41, 5.74) is 2.29. The first-order valence-electron chi connectivity index (χ1n) is 6.84. The summed E-state index contributed by atoms with van der Waals surface area (Å²) in [6.07, 6.45) is 3.95. The zero-order valence-corrected chi connectivity index (χ0v) is 11.2. The summed E-state index contributed by atoms with van der Waals surface area (Å²) < 4.78 is 4.67. The van der Waals surface area contributed by atoms with Gasteiger partial charge in [-0.15, -0.1) is 0 Å². The average Bonchev–Trinajstić information content (AvgIpc) is 3.12. The van der Waals surface area contributed by atoms with Gasteiger partial charge in [0.1, 0.15) is 6.26 Å². The van der Waals surface area contributed by atoms with Crippen LogP contribution in [0.3, 0.4) is 0 Å². The van der Waals surface area contributed by atoms with Crippen molar-refractivity contribution in [1.29, 1.82) is 0 Å². The predicted octanol–water partition coefficient (Wildman–Crippen LogP) is 2.52. The number of carbonyl (C=O) groups excluding carboxylic acids is 1. The van der Waals surface area contributed by atoms with Crippen LogP contribution >= 0.6 is 0 Å². The second-order valence-electron chi connectivity index (χ2n) is 5.02. The Morgan fingerprint density at radius 1 is 1.30 bits per heavy atom. The number of amides is 1. The van der Waals surface area contributed by atoms with E-state index in [1.165, 1.54) is 24.7 Å². The molecule has 104 valence electrons. The van der Waals surface area contributed by atoms with Crippen LogP contribution in [0, 0.1) is 0 Å². The van der Waals surface area contributed by atoms with Gasteiger partial charge in [0.05, 0.1) is 0 Å². The highest BCUT2D eigenvalue weighted by molar-refractivity contribution is 6.02. The Morgan fingerprint density at radius 2 is 2.15 bits per heavy atom. The molecule has 0 radical (unpaired) electrons. The van der Waals surface area contributed by atoms with E-state index in [-0.39, 0.29) is 11.6 Å². The first-order valence-corrected chi connectivity index (χ1v) is 6.84. The summed E-state index contributed by atoms with van der Waals surface area (Å²) in [7, 11) is 0. The number of anilines is 1. The number of carbonyl (C=O) groups is 1. The van der Waals surface area contributed by atoms with E-state index in [9.17, 15) is 4.79 Å². The lowest BCUT2D eigenvalue weighted by atomic mass is 10.2. The minimum atomic E-state index is -0.253. The van der Waals surface area contributed by atoms with Gasteiger partial charge in [0.25, 0.3) is 5.91 Å². The van der Waals surface area contributed by atoms with Gasteiger partial charge in [-0.3, -0.25) is 9.69 Å². The van der Waals surface area contributed by atoms with Crippen molar-refractivity contribution in [3.63, 3.8) is 0 Å². The molecule has 2 heterocycles. The maximum Gasteiger partial charge on any atom is 0.277 e. The molecule has 0 bridgehead atoms. The minimum Gasteiger partial charge on any atom is -0.364 e. The van der Waals surface area contributed by atoms with E-state index in [4.69, 9.17) is 0 Å². The second-order valence-corrected chi connectivity index (χ2v) is 5.02. The summed E-state index contributed by atoms with van der Waals surface area (Å²) in [6.45, 7) is 3.26. The van der Waals surface area contributed by atoms with Crippen LogP contribution in [0.25, 0.3) is 0 Å². The van der Waals surface area contributed by atoms with Gasteiger partial charge in [-0.1, -0.05) is 17.3 Å². The van der Waals surface area contributed by atoms with Crippen LogP contribution in [0.2, 0.25) is 0 Å². The van der Waals surface area contributed by atoms with Crippen LogP contribution < -0.4 is 5.32 Å². The van der Waals surface area contributed by atoms with Crippen molar-refractivity contribution in [3.8, 4) is 0 Å². The quantitative estimate of drug-likeness (QED) is 0.928. The second kappa shape index (κ2) is 5.88. The lowest BCUT2D eigenvalue weighted by molar-refractivity contribution is 0.101. The van der Waals surface area contributed by atoms with Gasteiger partial charge in [-0.2, -0.15) is 0 Å². The standard InChI is InChI=1S/C15H17N3O2/c19-15(14-6-9-20-17-14)16-13-5-3-4-12(10-13)11-18-7-1-2-8-18/h3-6,9-10H,1-2,7-8,11H2,(H,16,19). The summed E-state index contributed by atoms with van der Waals surface area (Å²) in [4.78, 5) is 14.3. The van der Waals surface area contributed by atoms with Gasteiger partial charge in [-0.05, 0) is 43.6 Å². The normalized spacial score (nSPS) is 15.4. The maximum atomic E-state index is 11.9. The Labute approximate surface area is 117 Å². The van der Waals surface area contributed by atoms with E-state index in [2.05, 4.69) is 26.0 Å². The van der Waals surface area contributed by atoms with Crippen LogP contribution in [0.5, 0.6) is 0 Å². The van der Waals surface area contributed by atoms with Crippen molar-refractivity contribution in [2.75, 3.05) is 18.4 Å². The van der Waals surface area contributed by atoms with E-state index < -0.39 is 0 Å². The molecule has 0 unspecified atom stereocenters. The largest absolute Gasteiger partial charge is 0.364 e. The van der Waals surface area contributed by atoms with E-state index in [1.54, 1.807) is 6.07 Å². The third-order valence-electron chi connectivity index (χ3n) is 3.46. The number of nitrogens with zero attached hydrogens (tertiary/aromatic N) is 2. The van der Waals surface area contributed by atoms with Crippen LogP contribution in [-0.4, -0.2) is 29.1 Å². The monoisotopic (exact) mass is 271 g/mol. The molecule has 1 N–H and O–H groups in total. The van der Waals surface area contributed by atoms with Gasteiger partial charge in [-0.25, -0.2) is 0 Å². The molecule has 1 fully saturated rings. The Morgan fingerprint density at radius 3 is 2.90 bits per heavy atom. The molecule has 3 rings (SSSR count). The molecule has 1 aliphatic rings. The minimum absolute atomic E-state index is 0.253. The number of hydrogen-bond donors (Lipinski definition) is 1. The van der Waals surface area contributed by atoms with Gasteiger partial charge in [0.2, 0.25) is 0 Å². The maximum absolute atomic E-state index is 11.9. The highest BCUT2D eigenvalue weighted by Crippen LogP contribution is 2.16. The smallest absolute Gasteiger partial charge is 0.277 e. The molecule has 0 spiro atoms. The number of benzene rings is 1. The van der Waals surface area contributed by atoms with Crippen molar-refractivity contribution in [1.82, 2.24) is 10.1 Å². The Balaban J connectivity index is 1.66. The highest BCUT2D eigenvalue weighted by atomic mass is 16.5. The summed E-state index contributed by atoms with van der Waals surface area (Å²) >= 11 is 0. The number of hydrogen-bond acceptors (Lipinski definition) is 4. The van der Waals surface area contributed by atoms with Crippen LogP contribution in [0.15, 0.2) is 41.1 Å². The summed E-state index contributed by atoms with van der Waals surface area (Å²) in [5.74, 6) is -0.253. The van der Waals surface area contributed by atoms with E-state index in [0.29, 0.717) is 0 Å². The lowest BCUT2D eigenvalue weighted by Crippen LogP contribution is -2.18. The van der Waals surface area contributed by atoms with Crippen molar-refractivity contribution >= 4 is 11.6 Å². The van der Waals surface area contributed by atoms with Crippen molar-refractivity contribution in [2.24, 2.45) is 0 Å². The van der Waals surface area contributed by atoms with Gasteiger partial charge < -0.3 is 9.84 Å². The van der Waals surface area contributed by atoms with E-state index in [0.717, 1.165) is 25.3 Å². The fourth-order valence-electron chi connectivity index (χ4n) is 2.47. The molecule has 0 saturated carbocycles. The molecule has 1 aromatic heterocycles. The van der Waals surface area contributed by atoms with Gasteiger partial charge in [0.15, 0.2) is 5.69 Å². The molecule has 20 heavy (non-hydrogen) atoms. The number of rotatable bonds is 4. The van der Waals surface area contributed by atoms with Crippen LogP contribution in [0.1, 0.15) is 28.9 Å². The van der Waals surface area contributed by atoms with E-state index >= 15 is 0 Å². The number of likely N-dealkylation sites (tertiary alicyclic amines) is 1. The first-order chi connectivity index (χ1) is 9.81. The van der Waals surface area contributed by atoms with Crippen molar-refractivity contribution in [3.05, 3.63) is 47.9 Å².